The molecular formula is C10H15Cl2N3OS. The number of halogens is 2. The van der Waals surface area contributed by atoms with Gasteiger partial charge in [-0.2, -0.15) is 0 Å². The maximum Gasteiger partial charge on any atom is 0.265 e. The molecule has 17 heavy (non-hydrogen) atoms. The summed E-state index contributed by atoms with van der Waals surface area (Å²) >= 11 is 12.7. The Morgan fingerprint density at radius 3 is 2.65 bits per heavy atom. The zero-order valence-corrected chi connectivity index (χ0v) is 12.1. The van der Waals surface area contributed by atoms with E-state index in [-0.39, 0.29) is 17.7 Å². The molecule has 0 saturated heterocycles. The van der Waals surface area contributed by atoms with Gasteiger partial charge in [-0.05, 0) is 24.9 Å². The van der Waals surface area contributed by atoms with Gasteiger partial charge < -0.3 is 5.32 Å². The van der Waals surface area contributed by atoms with E-state index in [1.807, 2.05) is 6.92 Å². The Balaban J connectivity index is 2.79. The smallest absolute Gasteiger partial charge is 0.265 e. The molecule has 0 radical (unpaired) electrons. The number of rotatable bonds is 6. The van der Waals surface area contributed by atoms with E-state index in [0.29, 0.717) is 4.88 Å². The summed E-state index contributed by atoms with van der Waals surface area (Å²) in [4.78, 5) is 12.6. The predicted octanol–water partition coefficient (Wildman–Crippen LogP) is 2.46. The molecule has 1 heterocycles. The average molecular weight is 296 g/mol. The third-order valence-corrected chi connectivity index (χ3v) is 4.20. The van der Waals surface area contributed by atoms with Crippen LogP contribution in [0.5, 0.6) is 0 Å². The van der Waals surface area contributed by atoms with Crippen molar-refractivity contribution in [2.75, 3.05) is 11.8 Å². The molecule has 0 unspecified atom stereocenters. The molecule has 0 aromatic carbocycles. The van der Waals surface area contributed by atoms with E-state index in [1.165, 1.54) is 0 Å². The van der Waals surface area contributed by atoms with Crippen LogP contribution >= 0.6 is 34.7 Å². The molecule has 0 bridgehead atoms. The van der Waals surface area contributed by atoms with E-state index in [1.54, 1.807) is 6.92 Å². The lowest BCUT2D eigenvalue weighted by atomic mass is 10.1. The first-order valence-corrected chi connectivity index (χ1v) is 7.16. The number of hydrogen-bond donors (Lipinski definition) is 1. The van der Waals surface area contributed by atoms with Crippen molar-refractivity contribution in [1.29, 1.82) is 0 Å². The van der Waals surface area contributed by atoms with Crippen molar-refractivity contribution in [3.8, 4) is 0 Å². The summed E-state index contributed by atoms with van der Waals surface area (Å²) in [7, 11) is 0. The minimum absolute atomic E-state index is 0.202. The molecule has 1 rings (SSSR count). The Morgan fingerprint density at radius 2 is 2.12 bits per heavy atom. The molecule has 4 nitrogen and oxygen atoms in total. The van der Waals surface area contributed by atoms with E-state index in [2.05, 4.69) is 14.9 Å². The molecule has 1 amide bonds. The highest BCUT2D eigenvalue weighted by atomic mass is 35.5. The van der Waals surface area contributed by atoms with Crippen LogP contribution in [0.2, 0.25) is 0 Å². The predicted molar refractivity (Wildman–Crippen MR) is 71.2 cm³/mol. The molecule has 1 aromatic heterocycles. The molecule has 1 aromatic rings. The van der Waals surface area contributed by atoms with Crippen LogP contribution in [0.15, 0.2) is 0 Å². The first kappa shape index (κ1) is 14.7. The fourth-order valence-electron chi connectivity index (χ4n) is 1.21. The molecular weight excluding hydrogens is 281 g/mol. The van der Waals surface area contributed by atoms with Crippen molar-refractivity contribution in [1.82, 2.24) is 14.9 Å². The summed E-state index contributed by atoms with van der Waals surface area (Å²) in [6.07, 6.45) is 1.67. The quantitative estimate of drug-likeness (QED) is 0.820. The maximum atomic E-state index is 12.0. The molecule has 1 N–H and O–H groups in total. The molecule has 96 valence electrons. The minimum Gasteiger partial charge on any atom is -0.344 e. The summed E-state index contributed by atoms with van der Waals surface area (Å²) < 4.78 is 3.81. The lowest BCUT2D eigenvalue weighted by molar-refractivity contribution is 0.0924. The van der Waals surface area contributed by atoms with Gasteiger partial charge in [0.2, 0.25) is 0 Å². The number of alkyl halides is 2. The second-order valence-electron chi connectivity index (χ2n) is 4.08. The standard InChI is InChI=1S/C10H15Cl2N3OS/c1-3-4-7-8(17-15-14-7)9(16)13-10(2,5-11)6-12/h3-6H2,1-2H3,(H,13,16). The summed E-state index contributed by atoms with van der Waals surface area (Å²) in [5.74, 6) is 0.321. The third-order valence-electron chi connectivity index (χ3n) is 2.25. The maximum absolute atomic E-state index is 12.0. The van der Waals surface area contributed by atoms with Crippen LogP contribution in [-0.2, 0) is 6.42 Å². The van der Waals surface area contributed by atoms with E-state index in [4.69, 9.17) is 23.2 Å². The fraction of sp³-hybridized carbons (Fsp3) is 0.700. The second kappa shape index (κ2) is 6.52. The lowest BCUT2D eigenvalue weighted by Gasteiger charge is -2.25. The summed E-state index contributed by atoms with van der Waals surface area (Å²) in [6, 6.07) is 0. The van der Waals surface area contributed by atoms with Gasteiger partial charge in [0.1, 0.15) is 4.88 Å². The summed E-state index contributed by atoms with van der Waals surface area (Å²) in [5, 5.41) is 6.77. The topological polar surface area (TPSA) is 54.9 Å². The van der Waals surface area contributed by atoms with Gasteiger partial charge >= 0.3 is 0 Å². The zero-order chi connectivity index (χ0) is 12.9. The van der Waals surface area contributed by atoms with Crippen molar-refractivity contribution in [3.63, 3.8) is 0 Å². The number of nitrogens with one attached hydrogen (secondary N) is 1. The number of hydrogen-bond acceptors (Lipinski definition) is 4. The Hall–Kier alpha value is -0.390. The van der Waals surface area contributed by atoms with E-state index < -0.39 is 5.54 Å². The molecule has 0 atom stereocenters. The molecule has 0 aliphatic heterocycles. The van der Waals surface area contributed by atoms with Crippen LogP contribution < -0.4 is 5.32 Å². The van der Waals surface area contributed by atoms with Gasteiger partial charge in [-0.25, -0.2) is 0 Å². The molecule has 0 fully saturated rings. The zero-order valence-electron chi connectivity index (χ0n) is 9.80. The Morgan fingerprint density at radius 1 is 1.47 bits per heavy atom. The molecule has 0 aliphatic rings. The number of carbonyl (C=O) groups excluding carboxylic acids is 1. The normalized spacial score (nSPS) is 11.5. The molecule has 0 saturated carbocycles. The molecule has 0 spiro atoms. The molecule has 7 heteroatoms. The summed E-state index contributed by atoms with van der Waals surface area (Å²) in [6.45, 7) is 3.83. The SMILES string of the molecule is CCCc1nnsc1C(=O)NC(C)(CCl)CCl. The summed E-state index contributed by atoms with van der Waals surface area (Å²) in [5.41, 5.74) is 0.134. The second-order valence-corrected chi connectivity index (χ2v) is 5.37. The van der Waals surface area contributed by atoms with Gasteiger partial charge in [-0.3, -0.25) is 4.79 Å². The Bertz CT molecular complexity index is 379. The highest BCUT2D eigenvalue weighted by Crippen LogP contribution is 2.16. The highest BCUT2D eigenvalue weighted by Gasteiger charge is 2.27. The van der Waals surface area contributed by atoms with E-state index in [0.717, 1.165) is 30.1 Å². The molecule has 0 aliphatic carbocycles. The van der Waals surface area contributed by atoms with Crippen molar-refractivity contribution < 1.29 is 4.79 Å². The third kappa shape index (κ3) is 3.79. The first-order valence-electron chi connectivity index (χ1n) is 5.32. The van der Waals surface area contributed by atoms with Gasteiger partial charge in [0.05, 0.1) is 11.2 Å². The fourth-order valence-corrected chi connectivity index (χ4v) is 2.24. The van der Waals surface area contributed by atoms with Crippen LogP contribution in [0.4, 0.5) is 0 Å². The number of nitrogens with zero attached hydrogens (tertiary/aromatic N) is 2. The van der Waals surface area contributed by atoms with Crippen LogP contribution in [0.1, 0.15) is 35.6 Å². The van der Waals surface area contributed by atoms with Crippen molar-refractivity contribution in [3.05, 3.63) is 10.6 Å². The highest BCUT2D eigenvalue weighted by molar-refractivity contribution is 7.08. The Labute approximate surface area is 115 Å². The van der Waals surface area contributed by atoms with Gasteiger partial charge in [0.25, 0.3) is 5.91 Å². The van der Waals surface area contributed by atoms with Crippen LogP contribution in [0, 0.1) is 0 Å². The van der Waals surface area contributed by atoms with Crippen LogP contribution in [0.3, 0.4) is 0 Å². The van der Waals surface area contributed by atoms with Crippen molar-refractivity contribution in [2.45, 2.75) is 32.2 Å². The first-order chi connectivity index (χ1) is 8.06. The lowest BCUT2D eigenvalue weighted by Crippen LogP contribution is -2.49. The minimum atomic E-state index is -0.604. The number of carbonyl (C=O) groups is 1. The van der Waals surface area contributed by atoms with Crippen LogP contribution in [-0.4, -0.2) is 32.8 Å². The van der Waals surface area contributed by atoms with Gasteiger partial charge in [0.15, 0.2) is 0 Å². The van der Waals surface area contributed by atoms with Crippen molar-refractivity contribution in [2.24, 2.45) is 0 Å². The van der Waals surface area contributed by atoms with E-state index in [9.17, 15) is 4.79 Å². The number of aromatic nitrogens is 2. The van der Waals surface area contributed by atoms with E-state index >= 15 is 0 Å². The van der Waals surface area contributed by atoms with Crippen LogP contribution in [0.25, 0.3) is 0 Å². The largest absolute Gasteiger partial charge is 0.344 e. The Kier molecular flexibility index (Phi) is 5.62. The van der Waals surface area contributed by atoms with Gasteiger partial charge in [-0.15, -0.1) is 28.3 Å². The number of amides is 1. The van der Waals surface area contributed by atoms with Gasteiger partial charge in [-0.1, -0.05) is 17.8 Å². The average Bonchev–Trinajstić information content (AvgIpc) is 2.77. The van der Waals surface area contributed by atoms with Crippen molar-refractivity contribution >= 4 is 40.6 Å². The monoisotopic (exact) mass is 295 g/mol. The number of aryl methyl sites for hydroxylation is 1. The van der Waals surface area contributed by atoms with Gasteiger partial charge in [0, 0.05) is 11.8 Å².